The van der Waals surface area contributed by atoms with Crippen LogP contribution in [0, 0.1) is 34.5 Å². The van der Waals surface area contributed by atoms with Gasteiger partial charge in [-0.2, -0.15) is 0 Å². The second-order valence-electron chi connectivity index (χ2n) is 14.3. The Morgan fingerprint density at radius 2 is 1.91 bits per heavy atom. The van der Waals surface area contributed by atoms with Crippen molar-refractivity contribution < 1.29 is 9.90 Å². The molecule has 0 spiro atoms. The molecule has 0 amide bonds. The van der Waals surface area contributed by atoms with Gasteiger partial charge in [-0.25, -0.2) is 0 Å². The van der Waals surface area contributed by atoms with Crippen molar-refractivity contribution in [2.45, 2.75) is 109 Å². The summed E-state index contributed by atoms with van der Waals surface area (Å²) in [7, 11) is 0. The number of hydrogen-bond acceptors (Lipinski definition) is 4. The third kappa shape index (κ3) is 5.42. The summed E-state index contributed by atoms with van der Waals surface area (Å²) < 4.78 is 0. The molecule has 5 fully saturated rings. The van der Waals surface area contributed by atoms with E-state index < -0.39 is 5.60 Å². The van der Waals surface area contributed by atoms with Gasteiger partial charge in [-0.3, -0.25) is 4.79 Å². The van der Waals surface area contributed by atoms with Gasteiger partial charge in [0.2, 0.25) is 0 Å². The summed E-state index contributed by atoms with van der Waals surface area (Å²) in [6.45, 7) is 13.2. The van der Waals surface area contributed by atoms with Crippen LogP contribution in [0.25, 0.3) is 0 Å². The molecule has 6 aliphatic rings. The van der Waals surface area contributed by atoms with Gasteiger partial charge in [0.05, 0.1) is 12.1 Å². The number of halogens is 1. The van der Waals surface area contributed by atoms with E-state index in [4.69, 9.17) is 11.6 Å². The van der Waals surface area contributed by atoms with Gasteiger partial charge in [0.25, 0.3) is 0 Å². The number of piperidine rings is 1. The zero-order valence-corrected chi connectivity index (χ0v) is 23.4. The largest absolute Gasteiger partial charge is 0.390 e. The monoisotopic (exact) mass is 504 g/mol. The van der Waals surface area contributed by atoms with Crippen molar-refractivity contribution in [3.05, 3.63) is 11.6 Å². The third-order valence-corrected chi connectivity index (χ3v) is 10.9. The number of likely N-dealkylation sites (tertiary alicyclic amines) is 1. The first-order valence-corrected chi connectivity index (χ1v) is 15.0. The SMILES string of the molecule is CC(C)[C@H](CN1CCC(C2=CCC(Cl)CC2)C(C)(C)C1)NCC(=O)C12CC3CC(CC(O)(C3)C1)C2. The van der Waals surface area contributed by atoms with Crippen LogP contribution in [0.2, 0.25) is 0 Å². The van der Waals surface area contributed by atoms with Gasteiger partial charge >= 0.3 is 0 Å². The molecule has 4 saturated carbocycles. The molecule has 4 bridgehead atoms. The standard InChI is InChI=1S/C30H49ClN2O2/c1-20(2)26(17-33-10-9-25(28(3,4)19-33)23-5-7-24(31)8-6-23)32-16-27(34)29-12-21-11-22(13-29)15-30(35,14-21)18-29/h5,20-22,24-26,32,35H,6-19H2,1-4H3/t21?,22?,24?,25?,26-,29?,30?/m0/s1. The number of rotatable bonds is 8. The van der Waals surface area contributed by atoms with Gasteiger partial charge in [-0.1, -0.05) is 39.3 Å². The molecule has 0 radical (unpaired) electrons. The van der Waals surface area contributed by atoms with Crippen molar-refractivity contribution in [1.29, 1.82) is 0 Å². The smallest absolute Gasteiger partial charge is 0.152 e. The second-order valence-corrected chi connectivity index (χ2v) is 15.0. The molecule has 35 heavy (non-hydrogen) atoms. The molecule has 1 aliphatic heterocycles. The highest BCUT2D eigenvalue weighted by molar-refractivity contribution is 6.20. The average Bonchev–Trinajstić information content (AvgIpc) is 2.75. The Labute approximate surface area is 218 Å². The Morgan fingerprint density at radius 1 is 1.20 bits per heavy atom. The number of nitrogens with one attached hydrogen (secondary N) is 1. The molecule has 0 aromatic heterocycles. The number of carbonyl (C=O) groups excluding carboxylic acids is 1. The normalized spacial score (nSPS) is 41.7. The number of aliphatic hydroxyl groups is 1. The lowest BCUT2D eigenvalue weighted by Crippen LogP contribution is -2.60. The van der Waals surface area contributed by atoms with E-state index in [2.05, 4.69) is 44.0 Å². The quantitative estimate of drug-likeness (QED) is 0.335. The molecule has 4 nitrogen and oxygen atoms in total. The number of Topliss-reactive ketones (excluding diaryl/α,β-unsaturated/α-hetero) is 1. The van der Waals surface area contributed by atoms with Crippen molar-refractivity contribution in [3.8, 4) is 0 Å². The van der Waals surface area contributed by atoms with Crippen LogP contribution >= 0.6 is 11.6 Å². The zero-order chi connectivity index (χ0) is 25.0. The van der Waals surface area contributed by atoms with Crippen LogP contribution in [0.1, 0.15) is 91.9 Å². The fourth-order valence-corrected chi connectivity index (χ4v) is 9.39. The summed E-state index contributed by atoms with van der Waals surface area (Å²) in [6, 6.07) is 0.314. The topological polar surface area (TPSA) is 52.6 Å². The summed E-state index contributed by atoms with van der Waals surface area (Å²) in [4.78, 5) is 16.2. The maximum Gasteiger partial charge on any atom is 0.152 e. The van der Waals surface area contributed by atoms with Crippen LogP contribution in [0.5, 0.6) is 0 Å². The molecule has 5 aliphatic carbocycles. The van der Waals surface area contributed by atoms with Crippen LogP contribution in [-0.4, -0.2) is 59.0 Å². The van der Waals surface area contributed by atoms with Gasteiger partial charge in [-0.05, 0) is 99.8 Å². The molecular weight excluding hydrogens is 456 g/mol. The number of carbonyl (C=O) groups is 1. The van der Waals surface area contributed by atoms with Crippen molar-refractivity contribution in [2.75, 3.05) is 26.2 Å². The lowest BCUT2D eigenvalue weighted by atomic mass is 9.47. The molecule has 0 aromatic carbocycles. The van der Waals surface area contributed by atoms with E-state index in [1.54, 1.807) is 5.57 Å². The van der Waals surface area contributed by atoms with Crippen molar-refractivity contribution in [3.63, 3.8) is 0 Å². The minimum atomic E-state index is -0.564. The molecule has 6 rings (SSSR count). The van der Waals surface area contributed by atoms with Gasteiger partial charge < -0.3 is 15.3 Å². The molecule has 198 valence electrons. The lowest BCUT2D eigenvalue weighted by Gasteiger charge is -2.59. The van der Waals surface area contributed by atoms with E-state index >= 15 is 0 Å². The number of ketones is 1. The highest BCUT2D eigenvalue weighted by Gasteiger charge is 2.59. The first-order chi connectivity index (χ1) is 16.5. The van der Waals surface area contributed by atoms with Crippen LogP contribution in [0.4, 0.5) is 0 Å². The Kier molecular flexibility index (Phi) is 7.27. The van der Waals surface area contributed by atoms with Gasteiger partial charge in [0.1, 0.15) is 0 Å². The Balaban J connectivity index is 1.17. The first kappa shape index (κ1) is 26.2. The Hall–Kier alpha value is -0.420. The summed E-state index contributed by atoms with van der Waals surface area (Å²) in [6.07, 6.45) is 12.8. The molecular formula is C30H49ClN2O2. The Morgan fingerprint density at radius 3 is 2.49 bits per heavy atom. The first-order valence-electron chi connectivity index (χ1n) is 14.5. The highest BCUT2D eigenvalue weighted by atomic mass is 35.5. The minimum absolute atomic E-state index is 0.259. The van der Waals surface area contributed by atoms with Gasteiger partial charge in [0, 0.05) is 29.9 Å². The summed E-state index contributed by atoms with van der Waals surface area (Å²) in [5, 5.41) is 15.1. The number of allylic oxidation sites excluding steroid dienone is 2. The maximum atomic E-state index is 13.6. The van der Waals surface area contributed by atoms with Crippen LogP contribution in [0.3, 0.4) is 0 Å². The molecule has 2 N–H and O–H groups in total. The van der Waals surface area contributed by atoms with Gasteiger partial charge in [-0.15, -0.1) is 11.6 Å². The lowest BCUT2D eigenvalue weighted by molar-refractivity contribution is -0.176. The second kappa shape index (κ2) is 9.71. The molecule has 4 unspecified atom stereocenters. The zero-order valence-electron chi connectivity index (χ0n) is 22.6. The van der Waals surface area contributed by atoms with Crippen LogP contribution < -0.4 is 5.32 Å². The summed E-state index contributed by atoms with van der Waals surface area (Å²) in [5.41, 5.74) is 1.08. The Bertz CT molecular complexity index is 822. The van der Waals surface area contributed by atoms with Crippen molar-refractivity contribution in [1.82, 2.24) is 10.2 Å². The van der Waals surface area contributed by atoms with E-state index in [-0.39, 0.29) is 10.8 Å². The third-order valence-electron chi connectivity index (χ3n) is 10.5. The summed E-state index contributed by atoms with van der Waals surface area (Å²) >= 11 is 6.35. The van der Waals surface area contributed by atoms with E-state index in [9.17, 15) is 9.90 Å². The molecule has 5 heteroatoms. The number of nitrogens with zero attached hydrogens (tertiary/aromatic N) is 1. The van der Waals surface area contributed by atoms with E-state index in [1.807, 2.05) is 0 Å². The molecule has 0 aromatic rings. The predicted octanol–water partition coefficient (Wildman–Crippen LogP) is 5.57. The van der Waals surface area contributed by atoms with E-state index in [1.165, 1.54) is 19.3 Å². The number of hydrogen-bond donors (Lipinski definition) is 2. The summed E-state index contributed by atoms with van der Waals surface area (Å²) in [5.74, 6) is 2.63. The van der Waals surface area contributed by atoms with Gasteiger partial charge in [0.15, 0.2) is 5.78 Å². The predicted molar refractivity (Wildman–Crippen MR) is 144 cm³/mol. The van der Waals surface area contributed by atoms with Crippen LogP contribution in [-0.2, 0) is 4.79 Å². The van der Waals surface area contributed by atoms with E-state index in [0.717, 1.165) is 58.2 Å². The molecule has 1 heterocycles. The van der Waals surface area contributed by atoms with Crippen LogP contribution in [0.15, 0.2) is 11.6 Å². The average molecular weight is 505 g/mol. The van der Waals surface area contributed by atoms with Crippen molar-refractivity contribution in [2.24, 2.45) is 34.5 Å². The number of alkyl halides is 1. The maximum absolute atomic E-state index is 13.6. The highest BCUT2D eigenvalue weighted by Crippen LogP contribution is 2.61. The fraction of sp³-hybridized carbons (Fsp3) is 0.900. The van der Waals surface area contributed by atoms with E-state index in [0.29, 0.717) is 53.8 Å². The van der Waals surface area contributed by atoms with Crippen molar-refractivity contribution >= 4 is 17.4 Å². The molecule has 5 atom stereocenters. The fourth-order valence-electron chi connectivity index (χ4n) is 9.19. The minimum Gasteiger partial charge on any atom is -0.390 e. The molecule has 1 saturated heterocycles.